The van der Waals surface area contributed by atoms with E-state index in [1.807, 2.05) is 24.3 Å². The van der Waals surface area contributed by atoms with Crippen LogP contribution in [0.1, 0.15) is 42.4 Å². The fourth-order valence-electron chi connectivity index (χ4n) is 7.31. The Morgan fingerprint density at radius 2 is 1.98 bits per heavy atom. The molecule has 3 saturated heterocycles. The summed E-state index contributed by atoms with van der Waals surface area (Å²) in [6, 6.07) is 13.4. The van der Waals surface area contributed by atoms with Gasteiger partial charge in [-0.1, -0.05) is 28.1 Å². The molecule has 2 aromatic carbocycles. The molecule has 7 rings (SSSR count). The van der Waals surface area contributed by atoms with Crippen molar-refractivity contribution in [1.29, 1.82) is 5.26 Å². The molecule has 3 atom stereocenters. The third kappa shape index (κ3) is 4.37. The zero-order chi connectivity index (χ0) is 27.4. The number of ether oxygens (including phenoxy) is 1. The van der Waals surface area contributed by atoms with E-state index in [0.29, 0.717) is 42.7 Å². The molecule has 0 radical (unpaired) electrons. The van der Waals surface area contributed by atoms with Crippen LogP contribution >= 0.6 is 15.9 Å². The molecule has 4 aliphatic rings. The normalized spacial score (nSPS) is 24.4. The van der Waals surface area contributed by atoms with Crippen LogP contribution in [0.5, 0.6) is 11.6 Å². The standard InChI is InChI=1S/C31H35BrN6O2/c1-36-10-3-5-22(36)18-40-31-25(14-33)26-17-37(28-13-23(39)12-19-4-2-6-27(32)29(19)28)11-9-24(26)30(35-31)38-20-7-8-21(38)16-34-15-20/h2,4,6,12-13,20-22,34,39H,3,5,7-11,15-18H2,1H3/t20?,21?,22-/m0/s1. The lowest BCUT2D eigenvalue weighted by Crippen LogP contribution is -2.53. The highest BCUT2D eigenvalue weighted by Gasteiger charge is 2.40. The molecule has 4 aliphatic heterocycles. The van der Waals surface area contributed by atoms with Crippen LogP contribution in [-0.2, 0) is 13.0 Å². The van der Waals surface area contributed by atoms with Crippen molar-refractivity contribution in [3.63, 3.8) is 0 Å². The van der Waals surface area contributed by atoms with Gasteiger partial charge in [0, 0.05) is 77.0 Å². The molecule has 1 aromatic heterocycles. The van der Waals surface area contributed by atoms with Crippen molar-refractivity contribution in [2.45, 2.75) is 56.8 Å². The van der Waals surface area contributed by atoms with E-state index < -0.39 is 0 Å². The summed E-state index contributed by atoms with van der Waals surface area (Å²) in [6.45, 7) is 4.89. The van der Waals surface area contributed by atoms with Crippen molar-refractivity contribution in [3.05, 3.63) is 51.5 Å². The highest BCUT2D eigenvalue weighted by atomic mass is 79.9. The second kappa shape index (κ2) is 10.4. The van der Waals surface area contributed by atoms with Gasteiger partial charge in [-0.15, -0.1) is 0 Å². The van der Waals surface area contributed by atoms with Gasteiger partial charge in [0.05, 0.1) is 0 Å². The minimum Gasteiger partial charge on any atom is -0.508 e. The highest BCUT2D eigenvalue weighted by Crippen LogP contribution is 2.43. The van der Waals surface area contributed by atoms with Crippen molar-refractivity contribution < 1.29 is 9.84 Å². The number of anilines is 2. The lowest BCUT2D eigenvalue weighted by molar-refractivity contribution is 0.192. The summed E-state index contributed by atoms with van der Waals surface area (Å²) in [7, 11) is 2.14. The summed E-state index contributed by atoms with van der Waals surface area (Å²) in [5.74, 6) is 1.72. The van der Waals surface area contributed by atoms with E-state index in [-0.39, 0.29) is 5.75 Å². The topological polar surface area (TPSA) is 87.9 Å². The average molecular weight is 604 g/mol. The minimum absolute atomic E-state index is 0.240. The molecule has 2 bridgehead atoms. The molecule has 208 valence electrons. The maximum atomic E-state index is 10.6. The van der Waals surface area contributed by atoms with Crippen LogP contribution in [0.2, 0.25) is 0 Å². The number of aromatic hydroxyl groups is 1. The predicted octanol–water partition coefficient (Wildman–Crippen LogP) is 4.55. The van der Waals surface area contributed by atoms with Gasteiger partial charge in [-0.25, -0.2) is 0 Å². The first-order valence-electron chi connectivity index (χ1n) is 14.5. The maximum absolute atomic E-state index is 10.6. The highest BCUT2D eigenvalue weighted by molar-refractivity contribution is 9.10. The Kier molecular flexibility index (Phi) is 6.73. The van der Waals surface area contributed by atoms with Gasteiger partial charge in [0.15, 0.2) is 0 Å². The number of hydrogen-bond donors (Lipinski definition) is 2. The van der Waals surface area contributed by atoms with Gasteiger partial charge < -0.3 is 29.9 Å². The van der Waals surface area contributed by atoms with Crippen molar-refractivity contribution in [2.75, 3.05) is 49.6 Å². The van der Waals surface area contributed by atoms with Crippen LogP contribution in [0, 0.1) is 11.3 Å². The van der Waals surface area contributed by atoms with Crippen molar-refractivity contribution in [3.8, 4) is 17.7 Å². The Bertz CT molecular complexity index is 1490. The molecule has 3 aromatic rings. The summed E-state index contributed by atoms with van der Waals surface area (Å²) in [4.78, 5) is 12.3. The summed E-state index contributed by atoms with van der Waals surface area (Å²) < 4.78 is 7.43. The number of phenolic OH excluding ortho intramolecular Hbond substituents is 1. The van der Waals surface area contributed by atoms with E-state index in [4.69, 9.17) is 9.72 Å². The largest absolute Gasteiger partial charge is 0.508 e. The van der Waals surface area contributed by atoms with Gasteiger partial charge in [0.1, 0.15) is 29.8 Å². The molecule has 0 spiro atoms. The SMILES string of the molecule is CN1CCC[C@H]1COc1nc(N2C3CCC2CNC3)c2c(c1C#N)CN(c1cc(O)cc3cccc(Br)c13)CC2. The number of halogens is 1. The number of fused-ring (bicyclic) bond motifs is 4. The molecule has 5 heterocycles. The van der Waals surface area contributed by atoms with Gasteiger partial charge in [-0.3, -0.25) is 0 Å². The van der Waals surface area contributed by atoms with E-state index in [2.05, 4.69) is 49.1 Å². The number of hydrogen-bond acceptors (Lipinski definition) is 8. The number of likely N-dealkylation sites (tertiary alicyclic amines) is 1. The molecule has 2 unspecified atom stereocenters. The molecule has 8 nitrogen and oxygen atoms in total. The molecule has 0 amide bonds. The number of nitriles is 1. The van der Waals surface area contributed by atoms with Crippen molar-refractivity contribution in [2.24, 2.45) is 0 Å². The van der Waals surface area contributed by atoms with Gasteiger partial charge in [0.25, 0.3) is 0 Å². The second-order valence-electron chi connectivity index (χ2n) is 11.7. The molecule has 40 heavy (non-hydrogen) atoms. The van der Waals surface area contributed by atoms with Crippen LogP contribution in [0.4, 0.5) is 11.5 Å². The Hall–Kier alpha value is -3.06. The van der Waals surface area contributed by atoms with Gasteiger partial charge in [-0.05, 0) is 63.2 Å². The number of pyridine rings is 1. The maximum Gasteiger partial charge on any atom is 0.234 e. The van der Waals surface area contributed by atoms with Crippen LogP contribution < -0.4 is 19.9 Å². The number of piperazine rings is 1. The zero-order valence-corrected chi connectivity index (χ0v) is 24.5. The minimum atomic E-state index is 0.240. The fraction of sp³-hybridized carbons (Fsp3) is 0.484. The lowest BCUT2D eigenvalue weighted by Gasteiger charge is -2.40. The summed E-state index contributed by atoms with van der Waals surface area (Å²) in [6.07, 6.45) is 5.37. The first kappa shape index (κ1) is 25.9. The second-order valence-corrected chi connectivity index (χ2v) is 12.6. The number of nitrogens with zero attached hydrogens (tertiary/aromatic N) is 5. The van der Waals surface area contributed by atoms with Crippen LogP contribution in [-0.4, -0.2) is 72.9 Å². The number of phenols is 1. The van der Waals surface area contributed by atoms with Crippen LogP contribution in [0.3, 0.4) is 0 Å². The molecule has 0 aliphatic carbocycles. The number of likely N-dealkylation sites (N-methyl/N-ethyl adjacent to an activating group) is 1. The summed E-state index contributed by atoms with van der Waals surface area (Å²) >= 11 is 3.74. The Morgan fingerprint density at radius 3 is 2.73 bits per heavy atom. The zero-order valence-electron chi connectivity index (χ0n) is 22.9. The van der Waals surface area contributed by atoms with E-state index in [1.165, 1.54) is 12.0 Å². The number of benzene rings is 2. The van der Waals surface area contributed by atoms with E-state index >= 15 is 0 Å². The van der Waals surface area contributed by atoms with Gasteiger partial charge in [-0.2, -0.15) is 10.2 Å². The summed E-state index contributed by atoms with van der Waals surface area (Å²) in [5.41, 5.74) is 3.71. The third-order valence-corrected chi connectivity index (χ3v) is 10.0. The first-order chi connectivity index (χ1) is 19.5. The molecule has 3 fully saturated rings. The van der Waals surface area contributed by atoms with Crippen LogP contribution in [0.25, 0.3) is 10.8 Å². The smallest absolute Gasteiger partial charge is 0.234 e. The molecule has 2 N–H and O–H groups in total. The average Bonchev–Trinajstić information content (AvgIpc) is 3.47. The van der Waals surface area contributed by atoms with E-state index in [0.717, 1.165) is 84.2 Å². The number of rotatable bonds is 5. The molecular weight excluding hydrogens is 568 g/mol. The predicted molar refractivity (Wildman–Crippen MR) is 160 cm³/mol. The van der Waals surface area contributed by atoms with E-state index in [9.17, 15) is 10.4 Å². The Balaban J connectivity index is 1.33. The monoisotopic (exact) mass is 602 g/mol. The summed E-state index contributed by atoms with van der Waals surface area (Å²) in [5, 5.41) is 26.7. The third-order valence-electron chi connectivity index (χ3n) is 9.39. The quantitative estimate of drug-likeness (QED) is 0.440. The lowest BCUT2D eigenvalue weighted by atomic mass is 9.94. The molecule has 9 heteroatoms. The molecular formula is C31H35BrN6O2. The Morgan fingerprint density at radius 1 is 1.15 bits per heavy atom. The molecule has 0 saturated carbocycles. The van der Waals surface area contributed by atoms with Crippen LogP contribution in [0.15, 0.2) is 34.8 Å². The number of nitrogens with one attached hydrogen (secondary N) is 1. The van der Waals surface area contributed by atoms with Gasteiger partial charge in [0.2, 0.25) is 5.88 Å². The first-order valence-corrected chi connectivity index (χ1v) is 15.2. The van der Waals surface area contributed by atoms with Crippen molar-refractivity contribution >= 4 is 38.2 Å². The Labute approximate surface area is 243 Å². The fourth-order valence-corrected chi connectivity index (χ4v) is 7.90. The van der Waals surface area contributed by atoms with Crippen molar-refractivity contribution in [1.82, 2.24) is 15.2 Å². The van der Waals surface area contributed by atoms with Gasteiger partial charge >= 0.3 is 0 Å². The van der Waals surface area contributed by atoms with E-state index in [1.54, 1.807) is 6.07 Å². The number of aromatic nitrogens is 1.